The van der Waals surface area contributed by atoms with Crippen molar-refractivity contribution in [3.63, 3.8) is 0 Å². The standard InChI is InChI=1S/C19H20F3N3O5S/c20-19(21,22)30-16-5-1-14(2-6-16)23-13-18(26)24-15-3-7-17(8-4-15)31(27,28)25-9-11-29-12-10-25/h1-8,23H,9-13H2,(H,24,26). The van der Waals surface area contributed by atoms with Crippen molar-refractivity contribution < 1.29 is 35.9 Å². The summed E-state index contributed by atoms with van der Waals surface area (Å²) in [5, 5.41) is 5.38. The number of benzene rings is 2. The number of carbonyl (C=O) groups is 1. The second-order valence-corrected chi connectivity index (χ2v) is 8.45. The number of hydrogen-bond acceptors (Lipinski definition) is 6. The number of morpholine rings is 1. The van der Waals surface area contributed by atoms with Gasteiger partial charge >= 0.3 is 6.36 Å². The maximum Gasteiger partial charge on any atom is 0.573 e. The van der Waals surface area contributed by atoms with E-state index in [1.165, 1.54) is 40.7 Å². The van der Waals surface area contributed by atoms with Crippen LogP contribution in [0.2, 0.25) is 0 Å². The van der Waals surface area contributed by atoms with E-state index in [0.717, 1.165) is 12.1 Å². The Balaban J connectivity index is 1.51. The summed E-state index contributed by atoms with van der Waals surface area (Å²) in [5.74, 6) is -0.783. The quantitative estimate of drug-likeness (QED) is 0.661. The molecule has 0 aliphatic carbocycles. The maximum absolute atomic E-state index is 12.6. The van der Waals surface area contributed by atoms with Crippen molar-refractivity contribution in [2.45, 2.75) is 11.3 Å². The highest BCUT2D eigenvalue weighted by Crippen LogP contribution is 2.24. The highest BCUT2D eigenvalue weighted by atomic mass is 32.2. The average Bonchev–Trinajstić information content (AvgIpc) is 2.73. The predicted molar refractivity (Wildman–Crippen MR) is 106 cm³/mol. The third kappa shape index (κ3) is 6.57. The summed E-state index contributed by atoms with van der Waals surface area (Å²) in [7, 11) is -3.62. The maximum atomic E-state index is 12.6. The number of rotatable bonds is 7. The van der Waals surface area contributed by atoms with Crippen LogP contribution >= 0.6 is 0 Å². The van der Waals surface area contributed by atoms with Crippen LogP contribution in [0, 0.1) is 0 Å². The number of nitrogens with zero attached hydrogens (tertiary/aromatic N) is 1. The first-order valence-corrected chi connectivity index (χ1v) is 10.6. The van der Waals surface area contributed by atoms with Crippen molar-refractivity contribution in [2.75, 3.05) is 43.5 Å². The van der Waals surface area contributed by atoms with Gasteiger partial charge in [0.15, 0.2) is 0 Å². The Hall–Kier alpha value is -2.83. The number of amides is 1. The van der Waals surface area contributed by atoms with Crippen LogP contribution in [0.4, 0.5) is 24.5 Å². The number of sulfonamides is 1. The van der Waals surface area contributed by atoms with E-state index in [9.17, 15) is 26.4 Å². The Labute approximate surface area is 177 Å². The molecule has 2 aromatic rings. The minimum absolute atomic E-state index is 0.117. The van der Waals surface area contributed by atoms with Gasteiger partial charge in [-0.3, -0.25) is 4.79 Å². The summed E-state index contributed by atoms with van der Waals surface area (Å²) >= 11 is 0. The zero-order valence-electron chi connectivity index (χ0n) is 16.2. The second kappa shape index (κ2) is 9.54. The van der Waals surface area contributed by atoms with E-state index in [0.29, 0.717) is 24.6 Å². The smallest absolute Gasteiger partial charge is 0.406 e. The van der Waals surface area contributed by atoms with Gasteiger partial charge in [0.1, 0.15) is 5.75 Å². The van der Waals surface area contributed by atoms with Gasteiger partial charge in [0, 0.05) is 24.5 Å². The molecule has 0 saturated carbocycles. The van der Waals surface area contributed by atoms with Crippen LogP contribution < -0.4 is 15.4 Å². The molecule has 0 atom stereocenters. The summed E-state index contributed by atoms with van der Waals surface area (Å²) < 4.78 is 71.9. The van der Waals surface area contributed by atoms with Crippen molar-refractivity contribution in [2.24, 2.45) is 0 Å². The van der Waals surface area contributed by atoms with E-state index in [1.807, 2.05) is 0 Å². The molecule has 0 aromatic heterocycles. The number of ether oxygens (including phenoxy) is 2. The monoisotopic (exact) mass is 459 g/mol. The molecule has 0 spiro atoms. The van der Waals surface area contributed by atoms with Crippen LogP contribution in [0.1, 0.15) is 0 Å². The minimum Gasteiger partial charge on any atom is -0.406 e. The Kier molecular flexibility index (Phi) is 7.03. The third-order valence-corrected chi connectivity index (χ3v) is 6.20. The normalized spacial score (nSPS) is 15.3. The lowest BCUT2D eigenvalue weighted by Gasteiger charge is -2.26. The number of halogens is 3. The molecule has 2 N–H and O–H groups in total. The molecule has 0 unspecified atom stereocenters. The second-order valence-electron chi connectivity index (χ2n) is 6.51. The summed E-state index contributed by atoms with van der Waals surface area (Å²) in [5.41, 5.74) is 0.832. The molecule has 168 valence electrons. The minimum atomic E-state index is -4.77. The SMILES string of the molecule is O=C(CNc1ccc(OC(F)(F)F)cc1)Nc1ccc(S(=O)(=O)N2CCOCC2)cc1. The molecule has 12 heteroatoms. The van der Waals surface area contributed by atoms with Gasteiger partial charge < -0.3 is 20.1 Å². The first-order valence-electron chi connectivity index (χ1n) is 9.21. The van der Waals surface area contributed by atoms with Crippen molar-refractivity contribution in [3.05, 3.63) is 48.5 Å². The van der Waals surface area contributed by atoms with E-state index in [2.05, 4.69) is 15.4 Å². The summed E-state index contributed by atoms with van der Waals surface area (Å²) in [6.07, 6.45) is -4.77. The lowest BCUT2D eigenvalue weighted by atomic mass is 10.3. The number of alkyl halides is 3. The van der Waals surface area contributed by atoms with Crippen molar-refractivity contribution in [1.29, 1.82) is 0 Å². The van der Waals surface area contributed by atoms with Crippen LogP contribution in [0.5, 0.6) is 5.75 Å². The highest BCUT2D eigenvalue weighted by Gasteiger charge is 2.31. The van der Waals surface area contributed by atoms with Gasteiger partial charge in [0.05, 0.1) is 24.7 Å². The van der Waals surface area contributed by atoms with Gasteiger partial charge in [0.25, 0.3) is 0 Å². The topological polar surface area (TPSA) is 97.0 Å². The number of nitrogens with one attached hydrogen (secondary N) is 2. The molecule has 1 fully saturated rings. The molecule has 1 heterocycles. The van der Waals surface area contributed by atoms with Crippen molar-refractivity contribution in [3.8, 4) is 5.75 Å². The van der Waals surface area contributed by atoms with Crippen LogP contribution in [-0.4, -0.2) is 57.8 Å². The van der Waals surface area contributed by atoms with Crippen LogP contribution in [0.3, 0.4) is 0 Å². The van der Waals surface area contributed by atoms with E-state index >= 15 is 0 Å². The lowest BCUT2D eigenvalue weighted by molar-refractivity contribution is -0.274. The Bertz CT molecular complexity index is 990. The largest absolute Gasteiger partial charge is 0.573 e. The van der Waals surface area contributed by atoms with Crippen molar-refractivity contribution >= 4 is 27.3 Å². The Morgan fingerprint density at radius 2 is 1.58 bits per heavy atom. The van der Waals surface area contributed by atoms with Gasteiger partial charge in [-0.15, -0.1) is 13.2 Å². The van der Waals surface area contributed by atoms with Crippen LogP contribution in [0.25, 0.3) is 0 Å². The van der Waals surface area contributed by atoms with E-state index < -0.39 is 22.3 Å². The molecule has 1 aliphatic heterocycles. The fraction of sp³-hybridized carbons (Fsp3) is 0.316. The molecule has 3 rings (SSSR count). The fourth-order valence-corrected chi connectivity index (χ4v) is 4.22. The molecule has 0 radical (unpaired) electrons. The molecular weight excluding hydrogens is 439 g/mol. The van der Waals surface area contributed by atoms with Gasteiger partial charge in [-0.05, 0) is 48.5 Å². The highest BCUT2D eigenvalue weighted by molar-refractivity contribution is 7.89. The predicted octanol–water partition coefficient (Wildman–Crippen LogP) is 2.66. The number of carbonyl (C=O) groups excluding carboxylic acids is 1. The van der Waals surface area contributed by atoms with Gasteiger partial charge in [0.2, 0.25) is 15.9 Å². The molecule has 8 nitrogen and oxygen atoms in total. The zero-order chi connectivity index (χ0) is 22.5. The summed E-state index contributed by atoms with van der Waals surface area (Å²) in [6.45, 7) is 1.12. The molecule has 1 amide bonds. The molecule has 1 aliphatic rings. The van der Waals surface area contributed by atoms with Gasteiger partial charge in [-0.2, -0.15) is 4.31 Å². The van der Waals surface area contributed by atoms with Crippen LogP contribution in [-0.2, 0) is 19.6 Å². The average molecular weight is 459 g/mol. The first-order chi connectivity index (χ1) is 14.6. The van der Waals surface area contributed by atoms with Gasteiger partial charge in [-0.25, -0.2) is 8.42 Å². The number of hydrogen-bond donors (Lipinski definition) is 2. The number of anilines is 2. The van der Waals surface area contributed by atoms with Crippen molar-refractivity contribution in [1.82, 2.24) is 4.31 Å². The molecule has 2 aromatic carbocycles. The molecule has 0 bridgehead atoms. The fourth-order valence-electron chi connectivity index (χ4n) is 2.81. The Morgan fingerprint density at radius 3 is 2.16 bits per heavy atom. The molecule has 1 saturated heterocycles. The van der Waals surface area contributed by atoms with Crippen LogP contribution in [0.15, 0.2) is 53.4 Å². The third-order valence-electron chi connectivity index (χ3n) is 4.29. The Morgan fingerprint density at radius 1 is 1.00 bits per heavy atom. The van der Waals surface area contributed by atoms with E-state index in [4.69, 9.17) is 4.74 Å². The van der Waals surface area contributed by atoms with E-state index in [-0.39, 0.29) is 30.3 Å². The molecule has 31 heavy (non-hydrogen) atoms. The van der Waals surface area contributed by atoms with E-state index in [1.54, 1.807) is 0 Å². The van der Waals surface area contributed by atoms with Gasteiger partial charge in [-0.1, -0.05) is 0 Å². The molecular formula is C19H20F3N3O5S. The zero-order valence-corrected chi connectivity index (χ0v) is 17.0. The summed E-state index contributed by atoms with van der Waals surface area (Å²) in [6, 6.07) is 10.7. The first kappa shape index (κ1) is 22.8. The lowest BCUT2D eigenvalue weighted by Crippen LogP contribution is -2.40. The summed E-state index contributed by atoms with van der Waals surface area (Å²) in [4.78, 5) is 12.2.